The van der Waals surface area contributed by atoms with Crippen molar-refractivity contribution in [3.63, 3.8) is 0 Å². The minimum atomic E-state index is 1.09. The van der Waals surface area contributed by atoms with Crippen LogP contribution in [-0.4, -0.2) is 9.13 Å². The lowest BCUT2D eigenvalue weighted by molar-refractivity contribution is 1.17. The molecule has 12 aromatic rings. The van der Waals surface area contributed by atoms with E-state index in [1.165, 1.54) is 66.3 Å². The molecular formula is C62H43N3. The van der Waals surface area contributed by atoms with Crippen LogP contribution in [0.4, 0.5) is 17.1 Å². The Kier molecular flexibility index (Phi) is 9.50. The van der Waals surface area contributed by atoms with E-state index < -0.39 is 0 Å². The van der Waals surface area contributed by atoms with Crippen LogP contribution in [0.15, 0.2) is 261 Å². The first-order valence-electron chi connectivity index (χ1n) is 22.3. The van der Waals surface area contributed by atoms with E-state index in [9.17, 15) is 0 Å². The zero-order valence-corrected chi connectivity index (χ0v) is 35.7. The molecule has 0 saturated carbocycles. The second kappa shape index (κ2) is 16.2. The average Bonchev–Trinajstić information content (AvgIpc) is 3.90. The van der Waals surface area contributed by atoms with Crippen LogP contribution >= 0.6 is 0 Å². The van der Waals surface area contributed by atoms with Gasteiger partial charge >= 0.3 is 0 Å². The van der Waals surface area contributed by atoms with Gasteiger partial charge in [0.05, 0.1) is 22.1 Å². The van der Waals surface area contributed by atoms with Gasteiger partial charge in [0, 0.05) is 39.2 Å². The van der Waals surface area contributed by atoms with Gasteiger partial charge in [0.25, 0.3) is 0 Å². The number of para-hydroxylation sites is 3. The van der Waals surface area contributed by atoms with Crippen molar-refractivity contribution < 1.29 is 0 Å². The maximum absolute atomic E-state index is 2.47. The summed E-state index contributed by atoms with van der Waals surface area (Å²) in [5, 5.41) is 2.36. The van der Waals surface area contributed by atoms with Crippen LogP contribution in [0.5, 0.6) is 0 Å². The molecule has 2 aromatic heterocycles. The fraction of sp³-hybridized carbons (Fsp3) is 0. The highest BCUT2D eigenvalue weighted by Gasteiger charge is 2.24. The van der Waals surface area contributed by atoms with Gasteiger partial charge in [0.1, 0.15) is 0 Å². The lowest BCUT2D eigenvalue weighted by atomic mass is 9.94. The minimum Gasteiger partial charge on any atom is -0.310 e. The fourth-order valence-electron chi connectivity index (χ4n) is 9.79. The molecular weight excluding hydrogens is 787 g/mol. The van der Waals surface area contributed by atoms with Gasteiger partial charge in [-0.3, -0.25) is 0 Å². The Balaban J connectivity index is 1.08. The Labute approximate surface area is 379 Å². The molecule has 0 saturated heterocycles. The average molecular weight is 830 g/mol. The summed E-state index contributed by atoms with van der Waals surface area (Å²) in [6.07, 6.45) is 0. The van der Waals surface area contributed by atoms with Gasteiger partial charge in [-0.2, -0.15) is 0 Å². The van der Waals surface area contributed by atoms with Gasteiger partial charge in [-0.15, -0.1) is 0 Å². The Bertz CT molecular complexity index is 3440. The lowest BCUT2D eigenvalue weighted by Crippen LogP contribution is -2.09. The highest BCUT2D eigenvalue weighted by molar-refractivity contribution is 6.20. The Morgan fingerprint density at radius 2 is 0.600 bits per heavy atom. The van der Waals surface area contributed by atoms with E-state index in [-0.39, 0.29) is 0 Å². The number of hydrogen-bond donors (Lipinski definition) is 0. The SMILES string of the molecule is c1ccc(-c2ccccc2-c2ccc(-n3c4ccc(N(c5ccccc5)c5ccccc5)cc4c4c3c3ccccc3n4-c3ccc(-c4ccccc4-c4ccccc4)cc3)cc2)cc1. The summed E-state index contributed by atoms with van der Waals surface area (Å²) in [6, 6.07) is 94.2. The summed E-state index contributed by atoms with van der Waals surface area (Å²) in [4.78, 5) is 2.35. The number of rotatable bonds is 9. The van der Waals surface area contributed by atoms with E-state index in [4.69, 9.17) is 0 Å². The first-order chi connectivity index (χ1) is 32.3. The number of anilines is 3. The summed E-state index contributed by atoms with van der Waals surface area (Å²) >= 11 is 0. The third kappa shape index (κ3) is 6.70. The molecule has 0 N–H and O–H groups in total. The first kappa shape index (κ1) is 38.0. The van der Waals surface area contributed by atoms with Crippen molar-refractivity contribution in [2.75, 3.05) is 4.90 Å². The highest BCUT2D eigenvalue weighted by Crippen LogP contribution is 2.45. The van der Waals surface area contributed by atoms with Gasteiger partial charge in [-0.05, 0) is 117 Å². The molecule has 0 bridgehead atoms. The summed E-state index contributed by atoms with van der Waals surface area (Å²) < 4.78 is 4.94. The van der Waals surface area contributed by atoms with Crippen LogP contribution in [0, 0.1) is 0 Å². The van der Waals surface area contributed by atoms with E-state index in [1.54, 1.807) is 0 Å². The van der Waals surface area contributed by atoms with Crippen LogP contribution in [-0.2, 0) is 0 Å². The molecule has 10 aromatic carbocycles. The van der Waals surface area contributed by atoms with Crippen molar-refractivity contribution in [3.05, 3.63) is 261 Å². The molecule has 0 fully saturated rings. The Morgan fingerprint density at radius 3 is 1.06 bits per heavy atom. The van der Waals surface area contributed by atoms with E-state index >= 15 is 0 Å². The Hall–Kier alpha value is -8.66. The smallest absolute Gasteiger partial charge is 0.0804 e. The molecule has 0 aliphatic rings. The van der Waals surface area contributed by atoms with E-state index in [1.807, 2.05) is 0 Å². The van der Waals surface area contributed by atoms with Crippen molar-refractivity contribution in [2.45, 2.75) is 0 Å². The van der Waals surface area contributed by atoms with Gasteiger partial charge in [0.15, 0.2) is 0 Å². The fourth-order valence-corrected chi connectivity index (χ4v) is 9.79. The second-order valence-corrected chi connectivity index (χ2v) is 16.5. The second-order valence-electron chi connectivity index (χ2n) is 16.5. The number of fused-ring (bicyclic) bond motifs is 5. The number of nitrogens with zero attached hydrogens (tertiary/aromatic N) is 3. The zero-order valence-electron chi connectivity index (χ0n) is 35.7. The normalized spacial score (nSPS) is 11.4. The molecule has 0 spiro atoms. The molecule has 3 nitrogen and oxygen atoms in total. The topological polar surface area (TPSA) is 13.1 Å². The van der Waals surface area contributed by atoms with E-state index in [0.717, 1.165) is 39.5 Å². The largest absolute Gasteiger partial charge is 0.310 e. The molecule has 3 heteroatoms. The van der Waals surface area contributed by atoms with Crippen molar-refractivity contribution in [1.29, 1.82) is 0 Å². The van der Waals surface area contributed by atoms with E-state index in [2.05, 4.69) is 275 Å². The van der Waals surface area contributed by atoms with Gasteiger partial charge in [-0.25, -0.2) is 0 Å². The molecule has 65 heavy (non-hydrogen) atoms. The van der Waals surface area contributed by atoms with Gasteiger partial charge in [0.2, 0.25) is 0 Å². The third-order valence-electron chi connectivity index (χ3n) is 12.7. The summed E-state index contributed by atoms with van der Waals surface area (Å²) in [5.74, 6) is 0. The van der Waals surface area contributed by atoms with Crippen LogP contribution in [0.3, 0.4) is 0 Å². The van der Waals surface area contributed by atoms with Crippen LogP contribution in [0.25, 0.3) is 88.7 Å². The monoisotopic (exact) mass is 829 g/mol. The van der Waals surface area contributed by atoms with Crippen LogP contribution < -0.4 is 4.90 Å². The molecule has 0 atom stereocenters. The van der Waals surface area contributed by atoms with Crippen molar-refractivity contribution in [3.8, 4) is 55.9 Å². The van der Waals surface area contributed by atoms with Gasteiger partial charge < -0.3 is 14.0 Å². The number of aromatic nitrogens is 2. The summed E-state index contributed by atoms with van der Waals surface area (Å²) in [5.41, 5.74) is 19.8. The summed E-state index contributed by atoms with van der Waals surface area (Å²) in [7, 11) is 0. The number of hydrogen-bond acceptors (Lipinski definition) is 1. The highest BCUT2D eigenvalue weighted by atomic mass is 15.1. The third-order valence-corrected chi connectivity index (χ3v) is 12.7. The van der Waals surface area contributed by atoms with Crippen molar-refractivity contribution in [2.24, 2.45) is 0 Å². The Morgan fingerprint density at radius 1 is 0.246 bits per heavy atom. The maximum Gasteiger partial charge on any atom is 0.0804 e. The van der Waals surface area contributed by atoms with Crippen molar-refractivity contribution >= 4 is 49.9 Å². The predicted molar refractivity (Wildman–Crippen MR) is 274 cm³/mol. The first-order valence-corrected chi connectivity index (χ1v) is 22.3. The van der Waals surface area contributed by atoms with E-state index in [0.29, 0.717) is 0 Å². The van der Waals surface area contributed by atoms with Crippen LogP contribution in [0.2, 0.25) is 0 Å². The van der Waals surface area contributed by atoms with Crippen LogP contribution in [0.1, 0.15) is 0 Å². The quantitative estimate of drug-likeness (QED) is 0.141. The molecule has 0 unspecified atom stereocenters. The predicted octanol–water partition coefficient (Wildman–Crippen LogP) is 16.9. The number of benzene rings is 10. The standard InChI is InChI=1S/C62H43N3/c1-5-19-44(20-6-1)53-27-13-15-29-55(53)46-33-37-50(38-34-46)64-59-32-18-17-31-57(59)61-62(64)58-43-52(63(48-23-9-3-10-24-48)49-25-11-4-12-26-49)41-42-60(58)65(61)51-39-35-47(36-40-51)56-30-16-14-28-54(56)45-21-7-2-8-22-45/h1-43H. The van der Waals surface area contributed by atoms with Crippen molar-refractivity contribution in [1.82, 2.24) is 9.13 Å². The molecule has 0 amide bonds. The molecule has 12 rings (SSSR count). The lowest BCUT2D eigenvalue weighted by Gasteiger charge is -2.25. The van der Waals surface area contributed by atoms with Gasteiger partial charge in [-0.1, -0.05) is 188 Å². The molecule has 0 radical (unpaired) electrons. The zero-order chi connectivity index (χ0) is 43.1. The summed E-state index contributed by atoms with van der Waals surface area (Å²) in [6.45, 7) is 0. The minimum absolute atomic E-state index is 1.09. The molecule has 0 aliphatic carbocycles. The molecule has 306 valence electrons. The maximum atomic E-state index is 2.47. The molecule has 0 aliphatic heterocycles. The molecule has 2 heterocycles.